The van der Waals surface area contributed by atoms with Crippen LogP contribution in [0.15, 0.2) is 11.2 Å². The molecule has 0 amide bonds. The minimum absolute atomic E-state index is 0.0957. The normalized spacial score (nSPS) is 12.2. The SMILES string of the molecule is CCc1ncc(S(=O)(=O)NCCOC(C)C)[nH]1. The Morgan fingerprint density at radius 2 is 2.24 bits per heavy atom. The highest BCUT2D eigenvalue weighted by atomic mass is 32.2. The Hall–Kier alpha value is -0.920. The summed E-state index contributed by atoms with van der Waals surface area (Å²) in [5.41, 5.74) is 0. The Balaban J connectivity index is 2.51. The van der Waals surface area contributed by atoms with Crippen LogP contribution >= 0.6 is 0 Å². The maximum Gasteiger partial charge on any atom is 0.257 e. The first-order chi connectivity index (χ1) is 7.95. The van der Waals surface area contributed by atoms with Gasteiger partial charge in [0.1, 0.15) is 5.82 Å². The molecule has 0 spiro atoms. The summed E-state index contributed by atoms with van der Waals surface area (Å²) in [7, 11) is -3.50. The van der Waals surface area contributed by atoms with Gasteiger partial charge in [0, 0.05) is 13.0 Å². The second-order valence-corrected chi connectivity index (χ2v) is 5.60. The summed E-state index contributed by atoms with van der Waals surface area (Å²) in [5.74, 6) is 0.656. The fourth-order valence-electron chi connectivity index (χ4n) is 1.21. The molecule has 0 unspecified atom stereocenters. The third-order valence-corrected chi connectivity index (χ3v) is 3.45. The van der Waals surface area contributed by atoms with E-state index in [-0.39, 0.29) is 17.7 Å². The molecule has 0 aliphatic carbocycles. The van der Waals surface area contributed by atoms with Crippen molar-refractivity contribution in [1.82, 2.24) is 14.7 Å². The van der Waals surface area contributed by atoms with Gasteiger partial charge in [0.25, 0.3) is 10.0 Å². The number of ether oxygens (including phenoxy) is 1. The molecule has 6 nitrogen and oxygen atoms in total. The van der Waals surface area contributed by atoms with Crippen molar-refractivity contribution in [2.75, 3.05) is 13.2 Å². The summed E-state index contributed by atoms with van der Waals surface area (Å²) in [6.07, 6.45) is 2.09. The number of hydrogen-bond donors (Lipinski definition) is 2. The van der Waals surface area contributed by atoms with Crippen molar-refractivity contribution in [3.63, 3.8) is 0 Å². The monoisotopic (exact) mass is 261 g/mol. The lowest BCUT2D eigenvalue weighted by molar-refractivity contribution is 0.0834. The number of rotatable bonds is 7. The van der Waals surface area contributed by atoms with E-state index < -0.39 is 10.0 Å². The lowest BCUT2D eigenvalue weighted by Gasteiger charge is -2.08. The second-order valence-electron chi connectivity index (χ2n) is 3.87. The zero-order valence-corrected chi connectivity index (χ0v) is 11.2. The van der Waals surface area contributed by atoms with E-state index in [0.717, 1.165) is 0 Å². The Labute approximate surface area is 102 Å². The molecule has 0 bridgehead atoms. The van der Waals surface area contributed by atoms with E-state index in [9.17, 15) is 8.42 Å². The number of imidazole rings is 1. The van der Waals surface area contributed by atoms with Gasteiger partial charge < -0.3 is 9.72 Å². The lowest BCUT2D eigenvalue weighted by Crippen LogP contribution is -2.28. The maximum absolute atomic E-state index is 11.8. The van der Waals surface area contributed by atoms with Gasteiger partial charge in [-0.3, -0.25) is 0 Å². The van der Waals surface area contributed by atoms with E-state index in [2.05, 4.69) is 14.7 Å². The molecule has 0 aliphatic rings. The number of nitrogens with zero attached hydrogens (tertiary/aromatic N) is 1. The average Bonchev–Trinajstić information content (AvgIpc) is 2.73. The molecule has 0 atom stereocenters. The molecule has 0 saturated heterocycles. The highest BCUT2D eigenvalue weighted by Crippen LogP contribution is 2.05. The van der Waals surface area contributed by atoms with Gasteiger partial charge in [0.05, 0.1) is 18.9 Å². The highest BCUT2D eigenvalue weighted by molar-refractivity contribution is 7.89. The van der Waals surface area contributed by atoms with Gasteiger partial charge in [-0.1, -0.05) is 6.92 Å². The van der Waals surface area contributed by atoms with Crippen LogP contribution in [0.4, 0.5) is 0 Å². The Kier molecular flexibility index (Phi) is 5.10. The summed E-state index contributed by atoms with van der Waals surface area (Å²) in [6, 6.07) is 0. The van der Waals surface area contributed by atoms with Gasteiger partial charge in [-0.05, 0) is 13.8 Å². The number of sulfonamides is 1. The molecule has 0 saturated carbocycles. The number of aromatic nitrogens is 2. The van der Waals surface area contributed by atoms with Gasteiger partial charge >= 0.3 is 0 Å². The van der Waals surface area contributed by atoms with Crippen LogP contribution in [0.3, 0.4) is 0 Å². The molecule has 17 heavy (non-hydrogen) atoms. The van der Waals surface area contributed by atoms with Crippen LogP contribution in [0.1, 0.15) is 26.6 Å². The first-order valence-electron chi connectivity index (χ1n) is 5.61. The lowest BCUT2D eigenvalue weighted by atomic mass is 10.5. The molecule has 0 aliphatic heterocycles. The van der Waals surface area contributed by atoms with Crippen LogP contribution in [0.5, 0.6) is 0 Å². The molecule has 2 N–H and O–H groups in total. The third-order valence-electron chi connectivity index (χ3n) is 2.07. The molecule has 0 fully saturated rings. The summed E-state index contributed by atoms with van der Waals surface area (Å²) in [4.78, 5) is 6.70. The van der Waals surface area contributed by atoms with E-state index >= 15 is 0 Å². The number of H-pyrrole nitrogens is 1. The highest BCUT2D eigenvalue weighted by Gasteiger charge is 2.16. The minimum atomic E-state index is -3.50. The molecule has 1 heterocycles. The molecule has 98 valence electrons. The molecular formula is C10H19N3O3S. The topological polar surface area (TPSA) is 84.1 Å². The number of aromatic amines is 1. The van der Waals surface area contributed by atoms with Gasteiger partial charge in [-0.2, -0.15) is 0 Å². The van der Waals surface area contributed by atoms with E-state index in [4.69, 9.17) is 4.74 Å². The van der Waals surface area contributed by atoms with Gasteiger partial charge in [0.15, 0.2) is 5.03 Å². The summed E-state index contributed by atoms with van der Waals surface area (Å²) >= 11 is 0. The van der Waals surface area contributed by atoms with E-state index in [1.54, 1.807) is 0 Å². The first kappa shape index (κ1) is 14.1. The van der Waals surface area contributed by atoms with Gasteiger partial charge in [0.2, 0.25) is 0 Å². The van der Waals surface area contributed by atoms with Crippen LogP contribution in [0.2, 0.25) is 0 Å². The van der Waals surface area contributed by atoms with Crippen LogP contribution in [-0.2, 0) is 21.2 Å². The summed E-state index contributed by atoms with van der Waals surface area (Å²) in [5, 5.41) is 0.0962. The van der Waals surface area contributed by atoms with Gasteiger partial charge in [-0.15, -0.1) is 0 Å². The van der Waals surface area contributed by atoms with Crippen molar-refractivity contribution in [3.8, 4) is 0 Å². The van der Waals surface area contributed by atoms with Crippen LogP contribution in [-0.4, -0.2) is 37.6 Å². The third kappa shape index (κ3) is 4.45. The van der Waals surface area contributed by atoms with E-state index in [1.807, 2.05) is 20.8 Å². The van der Waals surface area contributed by atoms with Gasteiger partial charge in [-0.25, -0.2) is 18.1 Å². The number of hydrogen-bond acceptors (Lipinski definition) is 4. The average molecular weight is 261 g/mol. The van der Waals surface area contributed by atoms with Crippen molar-refractivity contribution in [2.24, 2.45) is 0 Å². The molecule has 0 radical (unpaired) electrons. The zero-order valence-electron chi connectivity index (χ0n) is 10.4. The molecule has 7 heteroatoms. The summed E-state index contributed by atoms with van der Waals surface area (Å²) < 4.78 is 31.2. The second kappa shape index (κ2) is 6.13. The van der Waals surface area contributed by atoms with E-state index in [0.29, 0.717) is 18.9 Å². The maximum atomic E-state index is 11.8. The molecule has 1 aromatic rings. The molecule has 1 aromatic heterocycles. The molecular weight excluding hydrogens is 242 g/mol. The minimum Gasteiger partial charge on any atom is -0.377 e. The van der Waals surface area contributed by atoms with Crippen molar-refractivity contribution >= 4 is 10.0 Å². The zero-order chi connectivity index (χ0) is 12.9. The van der Waals surface area contributed by atoms with Crippen molar-refractivity contribution in [3.05, 3.63) is 12.0 Å². The Morgan fingerprint density at radius 1 is 1.53 bits per heavy atom. The Morgan fingerprint density at radius 3 is 2.76 bits per heavy atom. The first-order valence-corrected chi connectivity index (χ1v) is 7.09. The fraction of sp³-hybridized carbons (Fsp3) is 0.700. The quantitative estimate of drug-likeness (QED) is 0.707. The Bertz CT molecular complexity index is 439. The molecule has 1 rings (SSSR count). The predicted octanol–water partition coefficient (Wildman–Crippen LogP) is 0.675. The number of aryl methyl sites for hydroxylation is 1. The fourth-order valence-corrected chi connectivity index (χ4v) is 2.16. The van der Waals surface area contributed by atoms with E-state index in [1.165, 1.54) is 6.20 Å². The smallest absolute Gasteiger partial charge is 0.257 e. The predicted molar refractivity (Wildman–Crippen MR) is 64.2 cm³/mol. The van der Waals surface area contributed by atoms with Crippen molar-refractivity contribution in [1.29, 1.82) is 0 Å². The number of nitrogens with one attached hydrogen (secondary N) is 2. The van der Waals surface area contributed by atoms with Crippen LogP contribution in [0.25, 0.3) is 0 Å². The standard InChI is InChI=1S/C10H19N3O3S/c1-4-9-11-7-10(13-9)17(14,15)12-5-6-16-8(2)3/h7-8,12H,4-6H2,1-3H3,(H,11,13). The summed E-state index contributed by atoms with van der Waals surface area (Å²) in [6.45, 7) is 6.31. The van der Waals surface area contributed by atoms with Crippen molar-refractivity contribution < 1.29 is 13.2 Å². The van der Waals surface area contributed by atoms with Crippen LogP contribution in [0, 0.1) is 0 Å². The van der Waals surface area contributed by atoms with Crippen molar-refractivity contribution in [2.45, 2.75) is 38.3 Å². The largest absolute Gasteiger partial charge is 0.377 e. The van der Waals surface area contributed by atoms with Crippen LogP contribution < -0.4 is 4.72 Å². The molecule has 0 aromatic carbocycles.